The number of carbonyl (C=O) groups is 1. The lowest BCUT2D eigenvalue weighted by Gasteiger charge is -2.01. The number of rotatable bonds is 1. The van der Waals surface area contributed by atoms with Crippen LogP contribution in [0, 0.1) is 6.92 Å². The highest BCUT2D eigenvalue weighted by Gasteiger charge is 2.24. The first kappa shape index (κ1) is 13.9. The van der Waals surface area contributed by atoms with Gasteiger partial charge in [0.2, 0.25) is 0 Å². The fourth-order valence-corrected chi connectivity index (χ4v) is 3.15. The van der Waals surface area contributed by atoms with Crippen molar-refractivity contribution in [3.05, 3.63) is 58.2 Å². The summed E-state index contributed by atoms with van der Waals surface area (Å²) in [5.74, 6) is 0.0389. The van der Waals surface area contributed by atoms with E-state index in [0.29, 0.717) is 16.3 Å². The second-order valence-electron chi connectivity index (χ2n) is 5.59. The molecule has 0 spiro atoms. The number of amides is 1. The van der Waals surface area contributed by atoms with Crippen LogP contribution in [0.4, 0.5) is 5.69 Å². The number of H-pyrrole nitrogens is 1. The third kappa shape index (κ3) is 2.11. The number of aryl methyl sites for hydroxylation is 1. The lowest BCUT2D eigenvalue weighted by molar-refractivity contribution is -0.110. The molecule has 0 aliphatic carbocycles. The number of fused-ring (bicyclic) bond motifs is 2. The van der Waals surface area contributed by atoms with Crippen LogP contribution in [0.2, 0.25) is 5.15 Å². The molecule has 1 amide bonds. The van der Waals surface area contributed by atoms with Crippen LogP contribution in [0.1, 0.15) is 16.7 Å². The molecule has 1 aromatic heterocycles. The summed E-state index contributed by atoms with van der Waals surface area (Å²) < 4.78 is 0. The second-order valence-corrected chi connectivity index (χ2v) is 5.97. The largest absolute Gasteiger partial charge is 0.508 e. The van der Waals surface area contributed by atoms with Crippen molar-refractivity contribution in [2.24, 2.45) is 0 Å². The molecular formula is C18H13ClN2O2. The van der Waals surface area contributed by atoms with Gasteiger partial charge in [0, 0.05) is 33.3 Å². The first-order valence-corrected chi connectivity index (χ1v) is 7.55. The number of nitrogens with one attached hydrogen (secondary N) is 2. The van der Waals surface area contributed by atoms with Crippen LogP contribution in [-0.2, 0) is 4.79 Å². The first-order valence-electron chi connectivity index (χ1n) is 7.18. The smallest absolute Gasteiger partial charge is 0.256 e. The minimum absolute atomic E-state index is 0.159. The maximum atomic E-state index is 12.2. The molecule has 1 aliphatic heterocycles. The Kier molecular flexibility index (Phi) is 2.96. The van der Waals surface area contributed by atoms with E-state index in [1.54, 1.807) is 12.1 Å². The van der Waals surface area contributed by atoms with E-state index in [2.05, 4.69) is 10.3 Å². The van der Waals surface area contributed by atoms with E-state index < -0.39 is 0 Å². The van der Waals surface area contributed by atoms with Gasteiger partial charge in [-0.2, -0.15) is 0 Å². The zero-order chi connectivity index (χ0) is 16.1. The highest BCUT2D eigenvalue weighted by atomic mass is 35.5. The Labute approximate surface area is 137 Å². The number of halogens is 1. The van der Waals surface area contributed by atoms with Gasteiger partial charge in [-0.25, -0.2) is 0 Å². The van der Waals surface area contributed by atoms with E-state index in [0.717, 1.165) is 27.7 Å². The van der Waals surface area contributed by atoms with Crippen molar-refractivity contribution in [3.63, 3.8) is 0 Å². The molecule has 3 aromatic rings. The maximum Gasteiger partial charge on any atom is 0.256 e. The summed E-state index contributed by atoms with van der Waals surface area (Å²) in [5, 5.41) is 14.0. The molecule has 0 saturated heterocycles. The Balaban J connectivity index is 1.95. The molecule has 1 aliphatic rings. The molecule has 2 aromatic carbocycles. The number of aromatic nitrogens is 1. The highest BCUT2D eigenvalue weighted by molar-refractivity contribution is 6.38. The zero-order valence-corrected chi connectivity index (χ0v) is 13.0. The minimum atomic E-state index is -0.159. The molecule has 3 N–H and O–H groups in total. The van der Waals surface area contributed by atoms with Gasteiger partial charge in [-0.05, 0) is 36.8 Å². The van der Waals surface area contributed by atoms with Crippen molar-refractivity contribution in [1.29, 1.82) is 0 Å². The van der Waals surface area contributed by atoms with Gasteiger partial charge in [-0.3, -0.25) is 4.79 Å². The molecule has 0 saturated carbocycles. The molecule has 4 rings (SSSR count). The van der Waals surface area contributed by atoms with Crippen molar-refractivity contribution in [2.45, 2.75) is 6.92 Å². The Morgan fingerprint density at radius 3 is 2.83 bits per heavy atom. The van der Waals surface area contributed by atoms with Crippen LogP contribution in [0.25, 0.3) is 22.6 Å². The average Bonchev–Trinajstić information content (AvgIpc) is 2.98. The monoisotopic (exact) mass is 324 g/mol. The molecule has 2 heterocycles. The van der Waals surface area contributed by atoms with Crippen LogP contribution in [0.3, 0.4) is 0 Å². The number of benzene rings is 2. The summed E-state index contributed by atoms with van der Waals surface area (Å²) in [6.07, 6.45) is 1.76. The molecular weight excluding hydrogens is 312 g/mol. The van der Waals surface area contributed by atoms with Crippen LogP contribution in [-0.4, -0.2) is 16.0 Å². The molecule has 0 unspecified atom stereocenters. The zero-order valence-electron chi connectivity index (χ0n) is 12.3. The number of para-hydroxylation sites is 1. The third-order valence-electron chi connectivity index (χ3n) is 4.11. The summed E-state index contributed by atoms with van der Waals surface area (Å²) in [6, 6.07) is 11.0. The number of phenolic OH excluding ortho intramolecular Hbond substituents is 1. The van der Waals surface area contributed by atoms with Gasteiger partial charge in [0.15, 0.2) is 0 Å². The number of carbonyl (C=O) groups excluding carboxylic acids is 1. The normalized spacial score (nSPS) is 15.2. The predicted octanol–water partition coefficient (Wildman–Crippen LogP) is 4.33. The van der Waals surface area contributed by atoms with E-state index in [1.165, 1.54) is 0 Å². The number of phenols is 1. The summed E-state index contributed by atoms with van der Waals surface area (Å²) in [4.78, 5) is 15.3. The number of hydrogen-bond donors (Lipinski definition) is 3. The van der Waals surface area contributed by atoms with E-state index in [1.807, 2.05) is 37.3 Å². The van der Waals surface area contributed by atoms with E-state index in [9.17, 15) is 9.90 Å². The first-order chi connectivity index (χ1) is 11.0. The van der Waals surface area contributed by atoms with Crippen LogP contribution in [0.15, 0.2) is 36.4 Å². The summed E-state index contributed by atoms with van der Waals surface area (Å²) in [7, 11) is 0. The van der Waals surface area contributed by atoms with Gasteiger partial charge >= 0.3 is 0 Å². The van der Waals surface area contributed by atoms with Gasteiger partial charge in [-0.1, -0.05) is 29.8 Å². The van der Waals surface area contributed by atoms with Crippen molar-refractivity contribution < 1.29 is 9.90 Å². The quantitative estimate of drug-likeness (QED) is 0.583. The number of aromatic hydroxyl groups is 1. The van der Waals surface area contributed by atoms with Gasteiger partial charge < -0.3 is 15.4 Å². The Hall–Kier alpha value is -2.72. The maximum absolute atomic E-state index is 12.2. The van der Waals surface area contributed by atoms with E-state index >= 15 is 0 Å². The lowest BCUT2D eigenvalue weighted by atomic mass is 10.0. The molecule has 0 atom stereocenters. The standard InChI is InChI=1S/C18H13ClN2O2/c1-9-6-15-11(8-16(9)22)12(17(19)20-15)7-13-10-4-2-3-5-14(10)21-18(13)23/h2-8,20,22H,1H3,(H,21,23)/b13-7-. The van der Waals surface area contributed by atoms with Crippen molar-refractivity contribution >= 4 is 45.7 Å². The predicted molar refractivity (Wildman–Crippen MR) is 92.7 cm³/mol. The Morgan fingerprint density at radius 1 is 1.22 bits per heavy atom. The van der Waals surface area contributed by atoms with E-state index in [-0.39, 0.29) is 11.7 Å². The topological polar surface area (TPSA) is 65.1 Å². The van der Waals surface area contributed by atoms with Gasteiger partial charge in [0.25, 0.3) is 5.91 Å². The lowest BCUT2D eigenvalue weighted by Crippen LogP contribution is -2.03. The third-order valence-corrected chi connectivity index (χ3v) is 4.40. The summed E-state index contributed by atoms with van der Waals surface area (Å²) in [5.41, 5.74) is 4.47. The second kappa shape index (κ2) is 4.89. The van der Waals surface area contributed by atoms with Crippen LogP contribution in [0.5, 0.6) is 5.75 Å². The molecule has 0 bridgehead atoms. The van der Waals surface area contributed by atoms with Gasteiger partial charge in [0.1, 0.15) is 10.9 Å². The SMILES string of the molecule is Cc1cc2[nH]c(Cl)c(/C=C3\C(=O)Nc4ccccc43)c2cc1O. The number of hydrogen-bond acceptors (Lipinski definition) is 2. The number of anilines is 1. The van der Waals surface area contributed by atoms with Gasteiger partial charge in [-0.15, -0.1) is 0 Å². The molecule has 23 heavy (non-hydrogen) atoms. The minimum Gasteiger partial charge on any atom is -0.508 e. The Bertz CT molecular complexity index is 1000. The molecule has 5 heteroatoms. The molecule has 0 fully saturated rings. The van der Waals surface area contributed by atoms with Crippen molar-refractivity contribution in [2.75, 3.05) is 5.32 Å². The Morgan fingerprint density at radius 2 is 2.00 bits per heavy atom. The fraction of sp³-hybridized carbons (Fsp3) is 0.0556. The van der Waals surface area contributed by atoms with Crippen LogP contribution < -0.4 is 5.32 Å². The number of aromatic amines is 1. The molecule has 114 valence electrons. The summed E-state index contributed by atoms with van der Waals surface area (Å²) in [6.45, 7) is 1.82. The van der Waals surface area contributed by atoms with E-state index in [4.69, 9.17) is 11.6 Å². The van der Waals surface area contributed by atoms with Gasteiger partial charge in [0.05, 0.1) is 0 Å². The molecule has 0 radical (unpaired) electrons. The van der Waals surface area contributed by atoms with Crippen molar-refractivity contribution in [1.82, 2.24) is 4.98 Å². The summed E-state index contributed by atoms with van der Waals surface area (Å²) >= 11 is 6.31. The molecule has 4 nitrogen and oxygen atoms in total. The van der Waals surface area contributed by atoms with Crippen LogP contribution >= 0.6 is 11.6 Å². The highest BCUT2D eigenvalue weighted by Crippen LogP contribution is 2.37. The fourth-order valence-electron chi connectivity index (χ4n) is 2.89. The van der Waals surface area contributed by atoms with Crippen molar-refractivity contribution in [3.8, 4) is 5.75 Å². The average molecular weight is 325 g/mol.